The number of H-pyrrole nitrogens is 1. The van der Waals surface area contributed by atoms with Crippen LogP contribution in [-0.2, 0) is 10.8 Å². The molecule has 0 unspecified atom stereocenters. The molecule has 0 saturated carbocycles. The maximum Gasteiger partial charge on any atom is 0.0901 e. The molecule has 4 nitrogen and oxygen atoms in total. The molecule has 1 aliphatic heterocycles. The van der Waals surface area contributed by atoms with Gasteiger partial charge in [-0.05, 0) is 105 Å². The Balaban J connectivity index is 1.48. The normalized spacial score (nSPS) is 12.5. The highest BCUT2D eigenvalue weighted by Gasteiger charge is 2.25. The Morgan fingerprint density at radius 1 is 0.373 bits per heavy atom. The molecule has 5 heterocycles. The van der Waals surface area contributed by atoms with Gasteiger partial charge in [-0.15, -0.1) is 0 Å². The van der Waals surface area contributed by atoms with Crippen LogP contribution < -0.4 is 0 Å². The van der Waals surface area contributed by atoms with Gasteiger partial charge in [-0.2, -0.15) is 0 Å². The van der Waals surface area contributed by atoms with Crippen LogP contribution in [0.2, 0.25) is 0 Å². The van der Waals surface area contributed by atoms with E-state index in [1.54, 1.807) is 0 Å². The Hall–Kier alpha value is -5.87. The van der Waals surface area contributed by atoms with E-state index in [1.807, 2.05) is 0 Å². The minimum absolute atomic E-state index is 0.0710. The molecule has 1 N–H and O–H groups in total. The van der Waals surface area contributed by atoms with Gasteiger partial charge in [0.25, 0.3) is 0 Å². The first-order valence-corrected chi connectivity index (χ1v) is 17.8. The van der Waals surface area contributed by atoms with Crippen LogP contribution >= 0.6 is 0 Å². The average Bonchev–Trinajstić information content (AvgIpc) is 3.52. The van der Waals surface area contributed by atoms with E-state index in [-0.39, 0.29) is 10.8 Å². The third kappa shape index (κ3) is 5.43. The monoisotopic (exact) mass is 660 g/mol. The minimum atomic E-state index is -0.0872. The van der Waals surface area contributed by atoms with E-state index in [4.69, 9.17) is 15.0 Å². The lowest BCUT2D eigenvalue weighted by Gasteiger charge is -2.21. The summed E-state index contributed by atoms with van der Waals surface area (Å²) in [4.78, 5) is 20.1. The van der Waals surface area contributed by atoms with Gasteiger partial charge in [0.05, 0.1) is 45.2 Å². The van der Waals surface area contributed by atoms with E-state index in [0.717, 1.165) is 78.6 Å². The number of nitrogens with zero attached hydrogens (tertiary/aromatic N) is 3. The molecule has 4 aromatic heterocycles. The molecule has 4 aromatic carbocycles. The first kappa shape index (κ1) is 31.1. The van der Waals surface area contributed by atoms with Gasteiger partial charge < -0.3 is 4.98 Å². The van der Waals surface area contributed by atoms with Crippen LogP contribution in [0.15, 0.2) is 127 Å². The van der Waals surface area contributed by atoms with Gasteiger partial charge in [0.15, 0.2) is 0 Å². The van der Waals surface area contributed by atoms with Crippen molar-refractivity contribution in [2.75, 3.05) is 0 Å². The highest BCUT2D eigenvalue weighted by Crippen LogP contribution is 2.44. The van der Waals surface area contributed by atoms with Crippen LogP contribution in [0.5, 0.6) is 0 Å². The Morgan fingerprint density at radius 3 is 1.29 bits per heavy atom. The SMILES string of the molecule is CC(C)(C)c1cc2c3[nH]c4c(cc(C(C)(C)C)cc4c3c1)-c1cc(-c3ccccc3)cc(n1)-c1cc(-c3ccccc3)cc(n1)-c1cccc-2n1. The molecule has 51 heavy (non-hydrogen) atoms. The summed E-state index contributed by atoms with van der Waals surface area (Å²) in [6.45, 7) is 13.7. The first-order chi connectivity index (χ1) is 24.5. The Kier molecular flexibility index (Phi) is 6.92. The van der Waals surface area contributed by atoms with Gasteiger partial charge in [0.1, 0.15) is 0 Å². The van der Waals surface area contributed by atoms with Gasteiger partial charge >= 0.3 is 0 Å². The number of nitrogens with one attached hydrogen (secondary N) is 1. The van der Waals surface area contributed by atoms with Gasteiger partial charge in [0, 0.05) is 21.9 Å². The van der Waals surface area contributed by atoms with Gasteiger partial charge in [-0.1, -0.05) is 108 Å². The summed E-state index contributed by atoms with van der Waals surface area (Å²) in [6, 6.07) is 45.6. The molecular weight excluding hydrogens is 621 g/mol. The van der Waals surface area contributed by atoms with E-state index in [1.165, 1.54) is 21.9 Å². The quantitative estimate of drug-likeness (QED) is 0.201. The van der Waals surface area contributed by atoms with E-state index >= 15 is 0 Å². The standard InChI is InChI=1S/C47H40N4/c1-46(2,3)32-24-34-35-25-33(47(4,5)6)27-37-40-20-30(28-14-9-7-10-15-28)22-42(49-40)43-23-31(29-16-11-8-12-17-29)21-41(50-43)39-19-13-18-38(48-39)36(26-32)44(34)51-45(35)37/h7-27,51H,1-6H3. The predicted molar refractivity (Wildman–Crippen MR) is 213 cm³/mol. The molecule has 0 fully saturated rings. The highest BCUT2D eigenvalue weighted by molar-refractivity contribution is 6.16. The van der Waals surface area contributed by atoms with Gasteiger partial charge in [0.2, 0.25) is 0 Å². The maximum atomic E-state index is 5.48. The molecule has 8 bridgehead atoms. The number of hydrogen-bond donors (Lipinski definition) is 1. The van der Waals surface area contributed by atoms with E-state index in [0.29, 0.717) is 0 Å². The number of pyridine rings is 3. The third-order valence-electron chi connectivity index (χ3n) is 10.2. The summed E-state index contributed by atoms with van der Waals surface area (Å²) in [7, 11) is 0. The van der Waals surface area contributed by atoms with Crippen LogP contribution in [0.1, 0.15) is 52.7 Å². The highest BCUT2D eigenvalue weighted by atomic mass is 14.8. The van der Waals surface area contributed by atoms with E-state index in [9.17, 15) is 0 Å². The number of rotatable bonds is 2. The first-order valence-electron chi connectivity index (χ1n) is 17.8. The van der Waals surface area contributed by atoms with Crippen LogP contribution in [-0.4, -0.2) is 19.9 Å². The lowest BCUT2D eigenvalue weighted by molar-refractivity contribution is 0.590. The van der Waals surface area contributed by atoms with Crippen molar-refractivity contribution in [2.45, 2.75) is 52.4 Å². The molecule has 0 saturated heterocycles. The summed E-state index contributed by atoms with van der Waals surface area (Å²) in [5.74, 6) is 0. The maximum absolute atomic E-state index is 5.48. The van der Waals surface area contributed by atoms with Crippen LogP contribution in [0.4, 0.5) is 0 Å². The summed E-state index contributed by atoms with van der Waals surface area (Å²) in [5.41, 5.74) is 16.2. The third-order valence-corrected chi connectivity index (χ3v) is 10.2. The zero-order valence-corrected chi connectivity index (χ0v) is 30.0. The van der Waals surface area contributed by atoms with Crippen LogP contribution in [0.25, 0.3) is 89.4 Å². The van der Waals surface area contributed by atoms with Crippen molar-refractivity contribution < 1.29 is 0 Å². The smallest absolute Gasteiger partial charge is 0.0901 e. The number of benzene rings is 4. The van der Waals surface area contributed by atoms with Crippen molar-refractivity contribution in [2.24, 2.45) is 0 Å². The summed E-state index contributed by atoms with van der Waals surface area (Å²) < 4.78 is 0. The molecule has 0 amide bonds. The summed E-state index contributed by atoms with van der Waals surface area (Å²) in [5, 5.41) is 2.40. The topological polar surface area (TPSA) is 54.5 Å². The van der Waals surface area contributed by atoms with Crippen molar-refractivity contribution in [3.8, 4) is 67.5 Å². The average molecular weight is 661 g/mol. The van der Waals surface area contributed by atoms with Crippen LogP contribution in [0, 0.1) is 0 Å². The summed E-state index contributed by atoms with van der Waals surface area (Å²) in [6.07, 6.45) is 0. The van der Waals surface area contributed by atoms with Crippen molar-refractivity contribution in [3.05, 3.63) is 139 Å². The lowest BCUT2D eigenvalue weighted by atomic mass is 9.83. The summed E-state index contributed by atoms with van der Waals surface area (Å²) >= 11 is 0. The minimum Gasteiger partial charge on any atom is -0.353 e. The van der Waals surface area contributed by atoms with Crippen molar-refractivity contribution in [1.29, 1.82) is 0 Å². The number of aromatic amines is 1. The number of fused-ring (bicyclic) bond motifs is 11. The Labute approximate surface area is 299 Å². The largest absolute Gasteiger partial charge is 0.353 e. The molecule has 0 spiro atoms. The number of aromatic nitrogens is 4. The molecule has 1 aliphatic rings. The van der Waals surface area contributed by atoms with Gasteiger partial charge in [-0.25, -0.2) is 15.0 Å². The zero-order valence-electron chi connectivity index (χ0n) is 30.0. The molecule has 4 heteroatoms. The molecule has 9 rings (SSSR count). The zero-order chi connectivity index (χ0) is 35.1. The predicted octanol–water partition coefficient (Wildman–Crippen LogP) is 12.4. The van der Waals surface area contributed by atoms with E-state index in [2.05, 4.69) is 174 Å². The second kappa shape index (κ2) is 11.3. The molecule has 0 atom stereocenters. The molecule has 0 radical (unpaired) electrons. The Bertz CT molecular complexity index is 2640. The molecule has 8 aromatic rings. The molecular formula is C47H40N4. The second-order valence-corrected chi connectivity index (χ2v) is 15.9. The van der Waals surface area contributed by atoms with E-state index < -0.39 is 0 Å². The second-order valence-electron chi connectivity index (χ2n) is 15.9. The Morgan fingerprint density at radius 2 is 0.784 bits per heavy atom. The van der Waals surface area contributed by atoms with Crippen LogP contribution in [0.3, 0.4) is 0 Å². The van der Waals surface area contributed by atoms with Gasteiger partial charge in [-0.3, -0.25) is 0 Å². The lowest BCUT2D eigenvalue weighted by Crippen LogP contribution is -2.11. The van der Waals surface area contributed by atoms with Crippen molar-refractivity contribution >= 4 is 21.8 Å². The fourth-order valence-corrected chi connectivity index (χ4v) is 7.29. The number of hydrogen-bond acceptors (Lipinski definition) is 3. The fraction of sp³-hybridized carbons (Fsp3) is 0.170. The van der Waals surface area contributed by atoms with Crippen molar-refractivity contribution in [1.82, 2.24) is 19.9 Å². The molecule has 248 valence electrons. The molecule has 0 aliphatic carbocycles. The fourth-order valence-electron chi connectivity index (χ4n) is 7.29. The van der Waals surface area contributed by atoms with Crippen molar-refractivity contribution in [3.63, 3.8) is 0 Å².